The van der Waals surface area contributed by atoms with Crippen LogP contribution in [0.2, 0.25) is 0 Å². The van der Waals surface area contributed by atoms with E-state index in [0.717, 1.165) is 0 Å². The molecule has 0 saturated heterocycles. The van der Waals surface area contributed by atoms with Crippen LogP contribution in [0.1, 0.15) is 17.3 Å². The Hall–Kier alpha value is -2.22. The Morgan fingerprint density at radius 3 is 2.33 bits per heavy atom. The van der Waals surface area contributed by atoms with Crippen molar-refractivity contribution >= 4 is 11.9 Å². The second-order valence-corrected chi connectivity index (χ2v) is 4.03. The number of alkyl halides is 2. The number of carboxylic acid groups (broad SMARTS) is 1. The third-order valence-electron chi connectivity index (χ3n) is 2.42. The highest BCUT2D eigenvalue weighted by molar-refractivity contribution is 5.89. The van der Waals surface area contributed by atoms with Gasteiger partial charge in [-0.25, -0.2) is 9.59 Å². The summed E-state index contributed by atoms with van der Waals surface area (Å²) < 4.78 is 39.9. The van der Waals surface area contributed by atoms with Crippen LogP contribution in [0.25, 0.3) is 0 Å². The molecule has 0 aromatic heterocycles. The maximum Gasteiger partial charge on any atom is 0.378 e. The van der Waals surface area contributed by atoms with Crippen molar-refractivity contribution in [1.82, 2.24) is 0 Å². The lowest BCUT2D eigenvalue weighted by molar-refractivity contribution is -0.170. The molecule has 0 bridgehead atoms. The van der Waals surface area contributed by atoms with Crippen LogP contribution in [0, 0.1) is 0 Å². The third-order valence-corrected chi connectivity index (χ3v) is 2.42. The largest absolute Gasteiger partial charge is 0.477 e. The monoisotopic (exact) mass is 304 g/mol. The maximum absolute atomic E-state index is 12.8. The lowest BCUT2D eigenvalue weighted by atomic mass is 10.2. The Morgan fingerprint density at radius 1 is 1.29 bits per heavy atom. The van der Waals surface area contributed by atoms with Gasteiger partial charge in [0.1, 0.15) is 5.75 Å². The molecule has 0 aliphatic carbocycles. The minimum absolute atomic E-state index is 0.00592. The molecule has 21 heavy (non-hydrogen) atoms. The van der Waals surface area contributed by atoms with Crippen molar-refractivity contribution in [3.05, 3.63) is 29.8 Å². The summed E-state index contributed by atoms with van der Waals surface area (Å²) in [6.45, 7) is 0.135. The van der Waals surface area contributed by atoms with Crippen molar-refractivity contribution in [2.24, 2.45) is 0 Å². The molecule has 8 heteroatoms. The van der Waals surface area contributed by atoms with Crippen LogP contribution in [0.5, 0.6) is 5.75 Å². The first-order valence-electron chi connectivity index (χ1n) is 5.84. The Morgan fingerprint density at radius 2 is 1.86 bits per heavy atom. The lowest BCUT2D eigenvalue weighted by Gasteiger charge is -2.13. The number of hydrogen-bond acceptors (Lipinski definition) is 5. The highest BCUT2D eigenvalue weighted by Gasteiger charge is 2.40. The molecule has 0 radical (unpaired) electrons. The van der Waals surface area contributed by atoms with E-state index in [1.54, 1.807) is 6.92 Å². The molecule has 6 nitrogen and oxygen atoms in total. The van der Waals surface area contributed by atoms with Crippen molar-refractivity contribution in [2.45, 2.75) is 19.1 Å². The first-order chi connectivity index (χ1) is 9.76. The van der Waals surface area contributed by atoms with Gasteiger partial charge in [-0.15, -0.1) is 0 Å². The summed E-state index contributed by atoms with van der Waals surface area (Å²) in [7, 11) is 1.46. The van der Waals surface area contributed by atoms with Gasteiger partial charge < -0.3 is 19.3 Å². The Kier molecular flexibility index (Phi) is 5.60. The molecule has 0 saturated carbocycles. The highest BCUT2D eigenvalue weighted by Crippen LogP contribution is 2.17. The fourth-order valence-electron chi connectivity index (χ4n) is 1.21. The molecule has 0 aliphatic heterocycles. The van der Waals surface area contributed by atoms with E-state index >= 15 is 0 Å². The summed E-state index contributed by atoms with van der Waals surface area (Å²) in [5.74, 6) is -7.11. The Labute approximate surface area is 119 Å². The molecule has 0 amide bonds. The summed E-state index contributed by atoms with van der Waals surface area (Å²) in [5, 5.41) is 8.20. The molecular weight excluding hydrogens is 290 g/mol. The molecule has 1 aromatic rings. The zero-order valence-electron chi connectivity index (χ0n) is 11.3. The van der Waals surface area contributed by atoms with E-state index in [1.807, 2.05) is 0 Å². The second-order valence-electron chi connectivity index (χ2n) is 4.03. The Balaban J connectivity index is 2.61. The van der Waals surface area contributed by atoms with Gasteiger partial charge in [0.25, 0.3) is 0 Å². The quantitative estimate of drug-likeness (QED) is 0.612. The van der Waals surface area contributed by atoms with Gasteiger partial charge >= 0.3 is 17.9 Å². The fraction of sp³-hybridized carbons (Fsp3) is 0.385. The third kappa shape index (κ3) is 4.99. The lowest BCUT2D eigenvalue weighted by Crippen LogP contribution is -2.34. The van der Waals surface area contributed by atoms with E-state index < -0.39 is 30.8 Å². The van der Waals surface area contributed by atoms with Crippen LogP contribution < -0.4 is 4.74 Å². The average molecular weight is 304 g/mol. The van der Waals surface area contributed by atoms with Crippen molar-refractivity contribution in [3.63, 3.8) is 0 Å². The second kappa shape index (κ2) is 6.98. The van der Waals surface area contributed by atoms with E-state index in [4.69, 9.17) is 14.6 Å². The fourth-order valence-corrected chi connectivity index (χ4v) is 1.21. The van der Waals surface area contributed by atoms with Crippen LogP contribution in [-0.2, 0) is 14.3 Å². The number of halogens is 2. The van der Waals surface area contributed by atoms with Gasteiger partial charge in [0, 0.05) is 7.11 Å². The predicted molar refractivity (Wildman–Crippen MR) is 66.4 cm³/mol. The zero-order valence-corrected chi connectivity index (χ0v) is 11.3. The normalized spacial score (nSPS) is 12.6. The molecule has 0 fully saturated rings. The SMILES string of the molecule is COC(C)Oc1ccc(C(=O)OCC(F)(F)C(=O)O)cc1. The number of carbonyl (C=O) groups is 2. The minimum atomic E-state index is -4.12. The van der Waals surface area contributed by atoms with Gasteiger partial charge in [-0.2, -0.15) is 8.78 Å². The van der Waals surface area contributed by atoms with Gasteiger partial charge in [0.05, 0.1) is 5.56 Å². The summed E-state index contributed by atoms with van der Waals surface area (Å²) in [5.41, 5.74) is -0.00592. The molecule has 0 aliphatic rings. The number of aliphatic carboxylic acids is 1. The zero-order chi connectivity index (χ0) is 16.0. The van der Waals surface area contributed by atoms with Crippen LogP contribution in [-0.4, -0.2) is 43.0 Å². The molecule has 0 heterocycles. The number of carboxylic acids is 1. The molecule has 1 aromatic carbocycles. The van der Waals surface area contributed by atoms with E-state index in [0.29, 0.717) is 5.75 Å². The van der Waals surface area contributed by atoms with Crippen molar-refractivity contribution in [3.8, 4) is 5.75 Å². The van der Waals surface area contributed by atoms with Crippen LogP contribution >= 0.6 is 0 Å². The van der Waals surface area contributed by atoms with Crippen molar-refractivity contribution < 1.29 is 37.7 Å². The summed E-state index contributed by atoms with van der Waals surface area (Å²) in [6.07, 6.45) is -0.489. The number of benzene rings is 1. The number of methoxy groups -OCH3 is 1. The number of rotatable bonds is 7. The van der Waals surface area contributed by atoms with Crippen LogP contribution in [0.4, 0.5) is 8.78 Å². The van der Waals surface area contributed by atoms with Crippen molar-refractivity contribution in [2.75, 3.05) is 13.7 Å². The maximum atomic E-state index is 12.8. The molecular formula is C13H14F2O6. The highest BCUT2D eigenvalue weighted by atomic mass is 19.3. The van der Waals surface area contributed by atoms with Gasteiger partial charge in [0.2, 0.25) is 0 Å². The molecule has 1 unspecified atom stereocenters. The van der Waals surface area contributed by atoms with Crippen LogP contribution in [0.3, 0.4) is 0 Å². The summed E-state index contributed by atoms with van der Waals surface area (Å²) in [4.78, 5) is 21.7. The number of carbonyl (C=O) groups excluding carboxylic acids is 1. The molecule has 116 valence electrons. The van der Waals surface area contributed by atoms with Gasteiger partial charge in [0.15, 0.2) is 12.9 Å². The standard InChI is InChI=1S/C13H14F2O6/c1-8(19-2)21-10-5-3-9(4-6-10)11(16)20-7-13(14,15)12(17)18/h3-6,8H,7H2,1-2H3,(H,17,18). The first kappa shape index (κ1) is 16.8. The van der Waals surface area contributed by atoms with Gasteiger partial charge in [-0.3, -0.25) is 0 Å². The van der Waals surface area contributed by atoms with E-state index in [2.05, 4.69) is 4.74 Å². The van der Waals surface area contributed by atoms with E-state index in [-0.39, 0.29) is 5.56 Å². The van der Waals surface area contributed by atoms with E-state index in [9.17, 15) is 18.4 Å². The molecule has 1 N–H and O–H groups in total. The Bertz CT molecular complexity index is 500. The van der Waals surface area contributed by atoms with E-state index in [1.165, 1.54) is 31.4 Å². The molecule has 1 atom stereocenters. The average Bonchev–Trinajstić information content (AvgIpc) is 2.45. The topological polar surface area (TPSA) is 82.1 Å². The molecule has 1 rings (SSSR count). The minimum Gasteiger partial charge on any atom is -0.477 e. The smallest absolute Gasteiger partial charge is 0.378 e. The van der Waals surface area contributed by atoms with Crippen LogP contribution in [0.15, 0.2) is 24.3 Å². The predicted octanol–water partition coefficient (Wildman–Crippen LogP) is 1.93. The number of esters is 1. The van der Waals surface area contributed by atoms with Gasteiger partial charge in [-0.05, 0) is 31.2 Å². The summed E-state index contributed by atoms with van der Waals surface area (Å²) >= 11 is 0. The molecule has 0 spiro atoms. The number of hydrogen-bond donors (Lipinski definition) is 1. The van der Waals surface area contributed by atoms with Gasteiger partial charge in [-0.1, -0.05) is 0 Å². The first-order valence-corrected chi connectivity index (χ1v) is 5.84. The summed E-state index contributed by atoms with van der Waals surface area (Å²) in [6, 6.07) is 5.47. The van der Waals surface area contributed by atoms with Crippen molar-refractivity contribution in [1.29, 1.82) is 0 Å². The number of ether oxygens (including phenoxy) is 3.